The topological polar surface area (TPSA) is 41.9 Å². The van der Waals surface area contributed by atoms with Crippen molar-refractivity contribution in [2.24, 2.45) is 0 Å². The molecule has 2 aromatic rings. The molecular formula is C12H12F2N4S. The Hall–Kier alpha value is -2.02. The first-order chi connectivity index (χ1) is 9.08. The third-order valence-corrected chi connectivity index (χ3v) is 2.59. The molecule has 0 radical (unpaired) electrons. The molecule has 1 heterocycles. The maximum absolute atomic E-state index is 13.4. The highest BCUT2D eigenvalue weighted by Gasteiger charge is 2.06. The van der Waals surface area contributed by atoms with Crippen LogP contribution in [-0.2, 0) is 6.54 Å². The van der Waals surface area contributed by atoms with E-state index >= 15 is 0 Å². The van der Waals surface area contributed by atoms with Crippen LogP contribution in [0.4, 0.5) is 20.3 Å². The lowest BCUT2D eigenvalue weighted by molar-refractivity contribution is 0.586. The molecule has 1 aromatic heterocycles. The summed E-state index contributed by atoms with van der Waals surface area (Å²) in [6.07, 6.45) is 1.80. The van der Waals surface area contributed by atoms with Gasteiger partial charge in [-0.05, 0) is 31.3 Å². The van der Waals surface area contributed by atoms with Gasteiger partial charge in [0, 0.05) is 24.9 Å². The Kier molecular flexibility index (Phi) is 4.06. The van der Waals surface area contributed by atoms with Crippen LogP contribution in [-0.4, -0.2) is 14.9 Å². The van der Waals surface area contributed by atoms with E-state index in [1.165, 1.54) is 6.07 Å². The molecule has 0 aliphatic carbocycles. The Balaban J connectivity index is 2.01. The van der Waals surface area contributed by atoms with Crippen molar-refractivity contribution in [3.8, 4) is 0 Å². The number of hydrogen-bond donors (Lipinski definition) is 2. The number of benzene rings is 1. The predicted octanol–water partition coefficient (Wildman–Crippen LogP) is 2.99. The van der Waals surface area contributed by atoms with Crippen LogP contribution in [0.3, 0.4) is 0 Å². The molecule has 0 fully saturated rings. The highest BCUT2D eigenvalue weighted by atomic mass is 32.1. The molecule has 0 aliphatic heterocycles. The van der Waals surface area contributed by atoms with Crippen LogP contribution >= 0.6 is 12.2 Å². The number of aryl methyl sites for hydroxylation is 1. The third kappa shape index (κ3) is 3.47. The molecule has 0 saturated heterocycles. The Morgan fingerprint density at radius 3 is 2.74 bits per heavy atom. The summed E-state index contributed by atoms with van der Waals surface area (Å²) in [6.45, 7) is 2.70. The predicted molar refractivity (Wildman–Crippen MR) is 74.1 cm³/mol. The molecule has 2 N–H and O–H groups in total. The normalized spacial score (nSPS) is 10.3. The number of nitrogens with zero attached hydrogens (tertiary/aromatic N) is 2. The lowest BCUT2D eigenvalue weighted by atomic mass is 10.3. The summed E-state index contributed by atoms with van der Waals surface area (Å²) in [5, 5.41) is 9.82. The van der Waals surface area contributed by atoms with E-state index < -0.39 is 11.6 Å². The van der Waals surface area contributed by atoms with Crippen LogP contribution in [0.1, 0.15) is 6.92 Å². The van der Waals surface area contributed by atoms with Gasteiger partial charge in [0.25, 0.3) is 0 Å². The fraction of sp³-hybridized carbons (Fsp3) is 0.167. The molecule has 19 heavy (non-hydrogen) atoms. The van der Waals surface area contributed by atoms with Gasteiger partial charge in [-0.1, -0.05) is 0 Å². The quantitative estimate of drug-likeness (QED) is 0.849. The monoisotopic (exact) mass is 282 g/mol. The van der Waals surface area contributed by atoms with Crippen LogP contribution in [0, 0.1) is 11.6 Å². The Morgan fingerprint density at radius 2 is 2.11 bits per heavy atom. The summed E-state index contributed by atoms with van der Waals surface area (Å²) in [5.74, 6) is -0.784. The highest BCUT2D eigenvalue weighted by Crippen LogP contribution is 2.15. The minimum absolute atomic E-state index is 0.105. The maximum Gasteiger partial charge on any atom is 0.176 e. The third-order valence-electron chi connectivity index (χ3n) is 2.39. The first-order valence-electron chi connectivity index (χ1n) is 5.65. The summed E-state index contributed by atoms with van der Waals surface area (Å²) >= 11 is 5.02. The fourth-order valence-electron chi connectivity index (χ4n) is 1.47. The van der Waals surface area contributed by atoms with Crippen LogP contribution in [0.15, 0.2) is 30.5 Å². The van der Waals surface area contributed by atoms with Gasteiger partial charge < -0.3 is 10.6 Å². The van der Waals surface area contributed by atoms with E-state index in [9.17, 15) is 8.78 Å². The van der Waals surface area contributed by atoms with E-state index in [1.807, 2.05) is 6.92 Å². The first-order valence-corrected chi connectivity index (χ1v) is 6.06. The van der Waals surface area contributed by atoms with E-state index in [-0.39, 0.29) is 10.8 Å². The molecule has 4 nitrogen and oxygen atoms in total. The molecule has 7 heteroatoms. The van der Waals surface area contributed by atoms with Crippen LogP contribution in [0.5, 0.6) is 0 Å². The number of halogens is 2. The number of aromatic nitrogens is 2. The van der Waals surface area contributed by atoms with Crippen LogP contribution < -0.4 is 10.6 Å². The molecule has 0 bridgehead atoms. The molecule has 0 saturated carbocycles. The average Bonchev–Trinajstić information content (AvgIpc) is 2.80. The second kappa shape index (κ2) is 5.75. The van der Waals surface area contributed by atoms with Crippen molar-refractivity contribution in [1.82, 2.24) is 9.78 Å². The Bertz CT molecular complexity index is 597. The van der Waals surface area contributed by atoms with Crippen molar-refractivity contribution < 1.29 is 8.78 Å². The van der Waals surface area contributed by atoms with Crippen molar-refractivity contribution in [2.45, 2.75) is 13.5 Å². The summed E-state index contributed by atoms with van der Waals surface area (Å²) in [7, 11) is 0. The summed E-state index contributed by atoms with van der Waals surface area (Å²) in [6, 6.07) is 4.97. The zero-order chi connectivity index (χ0) is 13.8. The van der Waals surface area contributed by atoms with Gasteiger partial charge in [0.15, 0.2) is 10.9 Å². The number of anilines is 2. The molecule has 100 valence electrons. The number of hydrogen-bond acceptors (Lipinski definition) is 2. The summed E-state index contributed by atoms with van der Waals surface area (Å²) in [5.41, 5.74) is 0.105. The van der Waals surface area contributed by atoms with Crippen molar-refractivity contribution in [1.29, 1.82) is 0 Å². The van der Waals surface area contributed by atoms with Crippen LogP contribution in [0.25, 0.3) is 0 Å². The van der Waals surface area contributed by atoms with E-state index in [0.29, 0.717) is 5.82 Å². The summed E-state index contributed by atoms with van der Waals surface area (Å²) < 4.78 is 27.9. The average molecular weight is 282 g/mol. The Labute approximate surface area is 114 Å². The van der Waals surface area contributed by atoms with E-state index in [2.05, 4.69) is 15.7 Å². The van der Waals surface area contributed by atoms with Crippen molar-refractivity contribution in [3.05, 3.63) is 42.1 Å². The van der Waals surface area contributed by atoms with Gasteiger partial charge in [-0.15, -0.1) is 0 Å². The van der Waals surface area contributed by atoms with Gasteiger partial charge in [0.2, 0.25) is 0 Å². The first kappa shape index (κ1) is 13.4. The molecule has 0 amide bonds. The lowest BCUT2D eigenvalue weighted by Gasteiger charge is -2.09. The molecular weight excluding hydrogens is 270 g/mol. The fourth-order valence-corrected chi connectivity index (χ4v) is 1.68. The number of nitrogens with one attached hydrogen (secondary N) is 2. The van der Waals surface area contributed by atoms with Gasteiger partial charge in [0.05, 0.1) is 5.69 Å². The van der Waals surface area contributed by atoms with Crippen LogP contribution in [0.2, 0.25) is 0 Å². The molecule has 1 aromatic carbocycles. The van der Waals surface area contributed by atoms with Gasteiger partial charge in [-0.25, -0.2) is 8.78 Å². The smallest absolute Gasteiger partial charge is 0.176 e. The number of thiocarbonyl (C=S) groups is 1. The zero-order valence-corrected chi connectivity index (χ0v) is 11.0. The second-order valence-electron chi connectivity index (χ2n) is 3.76. The summed E-state index contributed by atoms with van der Waals surface area (Å²) in [4.78, 5) is 0. The van der Waals surface area contributed by atoms with Crippen molar-refractivity contribution in [2.75, 3.05) is 10.6 Å². The van der Waals surface area contributed by atoms with Gasteiger partial charge >= 0.3 is 0 Å². The Morgan fingerprint density at radius 1 is 1.32 bits per heavy atom. The van der Waals surface area contributed by atoms with Crippen molar-refractivity contribution >= 4 is 28.8 Å². The molecule has 0 atom stereocenters. The standard InChI is InChI=1S/C12H12F2N4S/c1-2-18-6-5-11(17-18)16-12(19)15-10-4-3-8(13)7-9(10)14/h3-7H,2H2,1H3,(H2,15,16,17,19). The van der Waals surface area contributed by atoms with Gasteiger partial charge in [-0.2, -0.15) is 5.10 Å². The number of rotatable bonds is 3. The van der Waals surface area contributed by atoms with E-state index in [0.717, 1.165) is 18.7 Å². The molecule has 0 aliphatic rings. The van der Waals surface area contributed by atoms with Gasteiger partial charge in [-0.3, -0.25) is 4.68 Å². The maximum atomic E-state index is 13.4. The zero-order valence-electron chi connectivity index (χ0n) is 10.2. The second-order valence-corrected chi connectivity index (χ2v) is 4.17. The van der Waals surface area contributed by atoms with E-state index in [4.69, 9.17) is 12.2 Å². The molecule has 2 rings (SSSR count). The largest absolute Gasteiger partial charge is 0.330 e. The minimum Gasteiger partial charge on any atom is -0.330 e. The molecule has 0 unspecified atom stereocenters. The van der Waals surface area contributed by atoms with E-state index in [1.54, 1.807) is 16.9 Å². The van der Waals surface area contributed by atoms with Gasteiger partial charge in [0.1, 0.15) is 11.6 Å². The lowest BCUT2D eigenvalue weighted by Crippen LogP contribution is -2.20. The highest BCUT2D eigenvalue weighted by molar-refractivity contribution is 7.80. The van der Waals surface area contributed by atoms with Crippen molar-refractivity contribution in [3.63, 3.8) is 0 Å². The minimum atomic E-state index is -0.705. The SMILES string of the molecule is CCn1ccc(NC(=S)Nc2ccc(F)cc2F)n1. The molecule has 0 spiro atoms.